The number of rotatable bonds is 8. The summed E-state index contributed by atoms with van der Waals surface area (Å²) in [5.41, 5.74) is 9.21. The van der Waals surface area contributed by atoms with Crippen LogP contribution < -0.4 is 10.5 Å². The van der Waals surface area contributed by atoms with E-state index in [1.54, 1.807) is 19.1 Å². The molecule has 2 aromatic carbocycles. The Morgan fingerprint density at radius 1 is 1.00 bits per heavy atom. The minimum absolute atomic E-state index is 0.311. The van der Waals surface area contributed by atoms with Gasteiger partial charge in [0.1, 0.15) is 18.0 Å². The monoisotopic (exact) mass is 417 g/mol. The fourth-order valence-electron chi connectivity index (χ4n) is 3.19. The summed E-state index contributed by atoms with van der Waals surface area (Å²) in [5, 5.41) is 56.9. The fourth-order valence-corrected chi connectivity index (χ4v) is 3.19. The van der Waals surface area contributed by atoms with Gasteiger partial charge in [0.15, 0.2) is 5.82 Å². The van der Waals surface area contributed by atoms with E-state index in [9.17, 15) is 20.4 Å². The normalized spacial score (nSPS) is 16.8. The molecule has 0 fully saturated rings. The standard InChI is InChI=1S/C21H27N3O6/c1-10-7-12(13-3-5-15-14(8-13)20(22)24-23-15)4-6-16(10)30-21(29)19(28)18(27)17(26)11(2)9-25/h3-8,11,17-19,21,25-29H,9H2,1-2H3,(H3,22,23,24). The zero-order valence-electron chi connectivity index (χ0n) is 16.7. The second kappa shape index (κ2) is 8.99. The number of aryl methyl sites for hydroxylation is 1. The molecule has 9 nitrogen and oxygen atoms in total. The smallest absolute Gasteiger partial charge is 0.226 e. The van der Waals surface area contributed by atoms with E-state index in [2.05, 4.69) is 10.2 Å². The van der Waals surface area contributed by atoms with Crippen molar-refractivity contribution in [1.82, 2.24) is 10.2 Å². The third kappa shape index (κ3) is 4.40. The van der Waals surface area contributed by atoms with Crippen molar-refractivity contribution in [2.75, 3.05) is 12.3 Å². The number of hydrogen-bond donors (Lipinski definition) is 7. The van der Waals surface area contributed by atoms with Gasteiger partial charge in [-0.2, -0.15) is 5.10 Å². The lowest BCUT2D eigenvalue weighted by Gasteiger charge is -2.29. The number of benzene rings is 2. The highest BCUT2D eigenvalue weighted by Crippen LogP contribution is 2.30. The van der Waals surface area contributed by atoms with Gasteiger partial charge in [0, 0.05) is 17.9 Å². The molecule has 0 saturated carbocycles. The zero-order valence-corrected chi connectivity index (χ0v) is 16.7. The Bertz CT molecular complexity index is 1010. The predicted octanol–water partition coefficient (Wildman–Crippen LogP) is 0.529. The lowest BCUT2D eigenvalue weighted by molar-refractivity contribution is -0.172. The van der Waals surface area contributed by atoms with E-state index in [1.807, 2.05) is 24.3 Å². The van der Waals surface area contributed by atoms with Crippen LogP contribution in [0.15, 0.2) is 36.4 Å². The average molecular weight is 417 g/mol. The highest BCUT2D eigenvalue weighted by atomic mass is 16.6. The van der Waals surface area contributed by atoms with E-state index in [0.717, 1.165) is 22.0 Å². The molecule has 1 heterocycles. The van der Waals surface area contributed by atoms with Crippen molar-refractivity contribution >= 4 is 16.7 Å². The Hall–Kier alpha value is -2.69. The van der Waals surface area contributed by atoms with Gasteiger partial charge in [-0.3, -0.25) is 5.10 Å². The van der Waals surface area contributed by atoms with Crippen LogP contribution in [0.5, 0.6) is 5.75 Å². The molecule has 0 saturated heterocycles. The first kappa shape index (κ1) is 22.0. The molecule has 1 aromatic heterocycles. The lowest BCUT2D eigenvalue weighted by atomic mass is 9.96. The summed E-state index contributed by atoms with van der Waals surface area (Å²) in [7, 11) is 0. The topological polar surface area (TPSA) is 165 Å². The number of ether oxygens (including phenoxy) is 1. The van der Waals surface area contributed by atoms with Gasteiger partial charge in [0.05, 0.1) is 11.6 Å². The molecule has 0 aliphatic carbocycles. The van der Waals surface area contributed by atoms with Crippen molar-refractivity contribution in [2.45, 2.75) is 38.4 Å². The van der Waals surface area contributed by atoms with Crippen LogP contribution in [0.3, 0.4) is 0 Å². The largest absolute Gasteiger partial charge is 0.462 e. The Kier molecular flexibility index (Phi) is 6.59. The molecule has 0 radical (unpaired) electrons. The van der Waals surface area contributed by atoms with Crippen molar-refractivity contribution < 1.29 is 30.3 Å². The molecule has 162 valence electrons. The molecule has 0 aliphatic heterocycles. The number of fused-ring (bicyclic) bond motifs is 1. The number of nitrogens with two attached hydrogens (primary N) is 1. The molecule has 30 heavy (non-hydrogen) atoms. The van der Waals surface area contributed by atoms with Crippen LogP contribution in [0.1, 0.15) is 12.5 Å². The summed E-state index contributed by atoms with van der Waals surface area (Å²) >= 11 is 0. The quantitative estimate of drug-likeness (QED) is 0.261. The van der Waals surface area contributed by atoms with E-state index in [0.29, 0.717) is 17.1 Å². The van der Waals surface area contributed by atoms with Crippen LogP contribution in [0.25, 0.3) is 22.0 Å². The Labute approximate surface area is 173 Å². The molecule has 5 atom stereocenters. The Morgan fingerprint density at radius 2 is 1.67 bits per heavy atom. The summed E-state index contributed by atoms with van der Waals surface area (Å²) in [6.07, 6.45) is -6.64. The Morgan fingerprint density at radius 3 is 2.33 bits per heavy atom. The van der Waals surface area contributed by atoms with Gasteiger partial charge < -0.3 is 36.0 Å². The molecule has 5 unspecified atom stereocenters. The number of aromatic amines is 1. The van der Waals surface area contributed by atoms with Crippen LogP contribution in [-0.4, -0.2) is 66.9 Å². The van der Waals surface area contributed by atoms with Crippen molar-refractivity contribution in [3.05, 3.63) is 42.0 Å². The minimum atomic E-state index is -1.77. The lowest BCUT2D eigenvalue weighted by Crippen LogP contribution is -2.49. The van der Waals surface area contributed by atoms with Crippen LogP contribution >= 0.6 is 0 Å². The van der Waals surface area contributed by atoms with Crippen molar-refractivity contribution in [2.24, 2.45) is 5.92 Å². The van der Waals surface area contributed by atoms with Crippen LogP contribution in [0.4, 0.5) is 5.82 Å². The van der Waals surface area contributed by atoms with Crippen LogP contribution in [0, 0.1) is 12.8 Å². The second-order valence-corrected chi connectivity index (χ2v) is 7.49. The molecular weight excluding hydrogens is 390 g/mol. The van der Waals surface area contributed by atoms with Gasteiger partial charge in [-0.1, -0.05) is 19.1 Å². The molecule has 8 N–H and O–H groups in total. The number of aromatic nitrogens is 2. The highest BCUT2D eigenvalue weighted by molar-refractivity contribution is 5.92. The first-order valence-corrected chi connectivity index (χ1v) is 9.57. The molecule has 0 spiro atoms. The number of aliphatic hydroxyl groups is 5. The molecule has 0 bridgehead atoms. The summed E-state index contributed by atoms with van der Waals surface area (Å²) in [6.45, 7) is 2.91. The number of nitrogens with zero attached hydrogens (tertiary/aromatic N) is 1. The third-order valence-corrected chi connectivity index (χ3v) is 5.21. The van der Waals surface area contributed by atoms with Gasteiger partial charge in [-0.25, -0.2) is 0 Å². The summed E-state index contributed by atoms with van der Waals surface area (Å²) in [6, 6.07) is 11.0. The van der Waals surface area contributed by atoms with Gasteiger partial charge in [-0.05, 0) is 47.9 Å². The zero-order chi connectivity index (χ0) is 22.0. The molecule has 3 aromatic rings. The summed E-state index contributed by atoms with van der Waals surface area (Å²) in [5.74, 6) is 0.0486. The van der Waals surface area contributed by atoms with E-state index in [-0.39, 0.29) is 6.61 Å². The fraction of sp³-hybridized carbons (Fsp3) is 0.381. The predicted molar refractivity (Wildman–Crippen MR) is 112 cm³/mol. The van der Waals surface area contributed by atoms with Crippen LogP contribution in [-0.2, 0) is 0 Å². The molecule has 0 amide bonds. The number of H-pyrrole nitrogens is 1. The van der Waals surface area contributed by atoms with Crippen molar-refractivity contribution in [1.29, 1.82) is 0 Å². The minimum Gasteiger partial charge on any atom is -0.462 e. The van der Waals surface area contributed by atoms with Gasteiger partial charge in [0.25, 0.3) is 0 Å². The first-order chi connectivity index (χ1) is 14.2. The molecule has 3 rings (SSSR count). The number of nitrogen functional groups attached to an aromatic ring is 1. The maximum Gasteiger partial charge on any atom is 0.226 e. The van der Waals surface area contributed by atoms with Gasteiger partial charge >= 0.3 is 0 Å². The van der Waals surface area contributed by atoms with Gasteiger partial charge in [-0.15, -0.1) is 0 Å². The molecule has 0 aliphatic rings. The third-order valence-electron chi connectivity index (χ3n) is 5.21. The highest BCUT2D eigenvalue weighted by Gasteiger charge is 2.34. The maximum absolute atomic E-state index is 10.2. The van der Waals surface area contributed by atoms with E-state index >= 15 is 0 Å². The van der Waals surface area contributed by atoms with Crippen molar-refractivity contribution in [3.63, 3.8) is 0 Å². The SMILES string of the molecule is Cc1cc(-c2ccc3[nH]nc(N)c3c2)ccc1OC(O)C(O)C(O)C(O)C(C)CO. The number of anilines is 1. The number of aliphatic hydroxyl groups excluding tert-OH is 5. The summed E-state index contributed by atoms with van der Waals surface area (Å²) in [4.78, 5) is 0. The second-order valence-electron chi connectivity index (χ2n) is 7.49. The van der Waals surface area contributed by atoms with Crippen molar-refractivity contribution in [3.8, 4) is 16.9 Å². The molecular formula is C21H27N3O6. The van der Waals surface area contributed by atoms with Crippen LogP contribution in [0.2, 0.25) is 0 Å². The number of nitrogens with one attached hydrogen (secondary N) is 1. The first-order valence-electron chi connectivity index (χ1n) is 9.57. The van der Waals surface area contributed by atoms with E-state index < -0.39 is 30.5 Å². The summed E-state index contributed by atoms with van der Waals surface area (Å²) < 4.78 is 5.40. The van der Waals surface area contributed by atoms with Gasteiger partial charge in [0.2, 0.25) is 6.29 Å². The Balaban J connectivity index is 1.75. The van der Waals surface area contributed by atoms with E-state index in [1.165, 1.54) is 6.92 Å². The molecule has 9 heteroatoms. The number of hydrogen-bond acceptors (Lipinski definition) is 8. The van der Waals surface area contributed by atoms with E-state index in [4.69, 9.17) is 15.6 Å². The maximum atomic E-state index is 10.2. The average Bonchev–Trinajstić information content (AvgIpc) is 3.12.